The highest BCUT2D eigenvalue weighted by Gasteiger charge is 2.55. The number of H-pyrrole nitrogens is 1. The number of ketones is 1. The number of rotatable bonds is 5. The molecule has 1 spiro atoms. The number of aromatic nitrogens is 3. The monoisotopic (exact) mass is 513 g/mol. The first-order valence-electron chi connectivity index (χ1n) is 12.8. The van der Waals surface area contributed by atoms with Crippen molar-refractivity contribution in [2.75, 3.05) is 19.6 Å². The number of amides is 2. The normalized spacial score (nSPS) is 18.2. The summed E-state index contributed by atoms with van der Waals surface area (Å²) < 4.78 is 20.4. The van der Waals surface area contributed by atoms with Gasteiger partial charge in [-0.3, -0.25) is 14.4 Å². The van der Waals surface area contributed by atoms with Crippen LogP contribution in [0.5, 0.6) is 0 Å². The van der Waals surface area contributed by atoms with Crippen LogP contribution in [0, 0.1) is 5.82 Å². The second-order valence-corrected chi connectivity index (χ2v) is 10.4. The first-order valence-corrected chi connectivity index (χ1v) is 12.8. The van der Waals surface area contributed by atoms with Crippen molar-refractivity contribution in [3.63, 3.8) is 0 Å². The molecule has 0 unspecified atom stereocenters. The average Bonchev–Trinajstić information content (AvgIpc) is 3.84. The second kappa shape index (κ2) is 8.34. The van der Waals surface area contributed by atoms with Crippen LogP contribution in [0.4, 0.5) is 4.39 Å². The molecule has 192 valence electrons. The molecule has 3 fully saturated rings. The number of halogens is 1. The molecule has 1 N–H and O–H groups in total. The molecule has 38 heavy (non-hydrogen) atoms. The molecule has 3 aliphatic rings. The fraction of sp³-hybridized carbons (Fsp3) is 0.321. The number of carbonyl (C=O) groups is 3. The van der Waals surface area contributed by atoms with Crippen molar-refractivity contribution in [3.8, 4) is 11.4 Å². The zero-order chi connectivity index (χ0) is 26.0. The van der Waals surface area contributed by atoms with Gasteiger partial charge in [0, 0.05) is 48.3 Å². The van der Waals surface area contributed by atoms with E-state index in [-0.39, 0.29) is 29.3 Å². The van der Waals surface area contributed by atoms with Crippen molar-refractivity contribution in [3.05, 3.63) is 71.5 Å². The Morgan fingerprint density at radius 1 is 1.05 bits per heavy atom. The van der Waals surface area contributed by atoms with Crippen molar-refractivity contribution < 1.29 is 23.3 Å². The number of Topliss-reactive ketones (excluding diaryl/α,β-unsaturated/α-hetero) is 1. The van der Waals surface area contributed by atoms with Crippen LogP contribution >= 0.6 is 0 Å². The standard InChI is InChI=1S/C28H24FN5O4/c29-20-9-8-18(24-31-25(38-32-24)16-6-7-16)22-21(20)19(14-30-22)23(35)27(37)34-13-12-33(15-28(34)10-11-28)26(36)17-4-2-1-3-5-17/h1-5,8-9,14,16,30H,6-7,10-13,15H2. The molecule has 7 rings (SSSR count). The lowest BCUT2D eigenvalue weighted by atomic mass is 10.0. The van der Waals surface area contributed by atoms with Crippen LogP contribution in [0.15, 0.2) is 53.2 Å². The van der Waals surface area contributed by atoms with E-state index in [0.29, 0.717) is 54.3 Å². The van der Waals surface area contributed by atoms with Gasteiger partial charge < -0.3 is 19.3 Å². The molecule has 1 saturated heterocycles. The van der Waals surface area contributed by atoms with E-state index >= 15 is 4.39 Å². The Balaban J connectivity index is 1.15. The number of nitrogens with one attached hydrogen (secondary N) is 1. The first-order chi connectivity index (χ1) is 18.4. The molecule has 4 aromatic rings. The van der Waals surface area contributed by atoms with Gasteiger partial charge in [0.15, 0.2) is 0 Å². The van der Waals surface area contributed by atoms with Gasteiger partial charge in [-0.1, -0.05) is 23.4 Å². The summed E-state index contributed by atoms with van der Waals surface area (Å²) in [6.45, 7) is 0.932. The van der Waals surface area contributed by atoms with Crippen molar-refractivity contribution in [1.29, 1.82) is 0 Å². The molecule has 2 aromatic carbocycles. The number of benzene rings is 2. The van der Waals surface area contributed by atoms with Crippen molar-refractivity contribution in [2.45, 2.75) is 37.1 Å². The summed E-state index contributed by atoms with van der Waals surface area (Å²) >= 11 is 0. The molecule has 1 aliphatic heterocycles. The highest BCUT2D eigenvalue weighted by atomic mass is 19.1. The lowest BCUT2D eigenvalue weighted by Gasteiger charge is -2.41. The highest BCUT2D eigenvalue weighted by Crippen LogP contribution is 2.45. The van der Waals surface area contributed by atoms with E-state index < -0.39 is 23.0 Å². The van der Waals surface area contributed by atoms with Crippen LogP contribution in [-0.4, -0.2) is 67.7 Å². The maximum absolute atomic E-state index is 15.0. The van der Waals surface area contributed by atoms with E-state index in [9.17, 15) is 14.4 Å². The largest absolute Gasteiger partial charge is 0.360 e. The van der Waals surface area contributed by atoms with Gasteiger partial charge in [0.1, 0.15) is 5.82 Å². The molecule has 0 atom stereocenters. The van der Waals surface area contributed by atoms with E-state index in [1.807, 2.05) is 18.2 Å². The number of piperazine rings is 1. The van der Waals surface area contributed by atoms with Crippen LogP contribution < -0.4 is 0 Å². The van der Waals surface area contributed by atoms with Crippen LogP contribution in [-0.2, 0) is 4.79 Å². The lowest BCUT2D eigenvalue weighted by molar-refractivity contribution is -0.131. The third kappa shape index (κ3) is 3.62. The summed E-state index contributed by atoms with van der Waals surface area (Å²) in [4.78, 5) is 50.7. The Hall–Kier alpha value is -4.34. The summed E-state index contributed by atoms with van der Waals surface area (Å²) in [6, 6.07) is 11.8. The van der Waals surface area contributed by atoms with Gasteiger partial charge >= 0.3 is 0 Å². The topological polar surface area (TPSA) is 112 Å². The zero-order valence-corrected chi connectivity index (χ0v) is 20.4. The van der Waals surface area contributed by atoms with Crippen molar-refractivity contribution in [2.24, 2.45) is 0 Å². The van der Waals surface area contributed by atoms with Gasteiger partial charge in [-0.2, -0.15) is 4.98 Å². The van der Waals surface area contributed by atoms with Crippen LogP contribution in [0.2, 0.25) is 0 Å². The average molecular weight is 514 g/mol. The molecule has 2 aliphatic carbocycles. The minimum atomic E-state index is -0.784. The number of aromatic amines is 1. The van der Waals surface area contributed by atoms with E-state index in [0.717, 1.165) is 12.8 Å². The van der Waals surface area contributed by atoms with Gasteiger partial charge in [0.05, 0.1) is 16.6 Å². The van der Waals surface area contributed by atoms with Gasteiger partial charge in [0.2, 0.25) is 11.7 Å². The SMILES string of the molecule is O=C(C(=O)N1CCN(C(=O)c2ccccc2)CC12CC2)c1c[nH]c2c(-c3noc(C4CC4)n3)ccc(F)c12. The van der Waals surface area contributed by atoms with Crippen LogP contribution in [0.3, 0.4) is 0 Å². The van der Waals surface area contributed by atoms with Gasteiger partial charge in [-0.25, -0.2) is 4.39 Å². The fourth-order valence-corrected chi connectivity index (χ4v) is 5.45. The Labute approximate surface area is 216 Å². The predicted molar refractivity (Wildman–Crippen MR) is 134 cm³/mol. The Kier molecular flexibility index (Phi) is 5.01. The quantitative estimate of drug-likeness (QED) is 0.320. The van der Waals surface area contributed by atoms with Gasteiger partial charge in [0.25, 0.3) is 17.6 Å². The molecule has 2 amide bonds. The number of hydrogen-bond acceptors (Lipinski definition) is 6. The summed E-state index contributed by atoms with van der Waals surface area (Å²) in [5, 5.41) is 4.07. The minimum Gasteiger partial charge on any atom is -0.360 e. The molecule has 3 heterocycles. The van der Waals surface area contributed by atoms with Crippen LogP contribution in [0.1, 0.15) is 58.2 Å². The molecular formula is C28H24FN5O4. The van der Waals surface area contributed by atoms with Gasteiger partial charge in [-0.15, -0.1) is 0 Å². The number of hydrogen-bond donors (Lipinski definition) is 1. The lowest BCUT2D eigenvalue weighted by Crippen LogP contribution is -2.59. The Bertz CT molecular complexity index is 1600. The van der Waals surface area contributed by atoms with E-state index in [1.165, 1.54) is 18.3 Å². The number of carbonyl (C=O) groups excluding carboxylic acids is 3. The summed E-state index contributed by atoms with van der Waals surface area (Å²) in [5.74, 6) is -1.05. The summed E-state index contributed by atoms with van der Waals surface area (Å²) in [5.41, 5.74) is 0.831. The van der Waals surface area contributed by atoms with Crippen molar-refractivity contribution in [1.82, 2.24) is 24.9 Å². The first kappa shape index (κ1) is 22.8. The summed E-state index contributed by atoms with van der Waals surface area (Å²) in [6.07, 6.45) is 4.78. The van der Waals surface area contributed by atoms with Crippen LogP contribution in [0.25, 0.3) is 22.3 Å². The predicted octanol–water partition coefficient (Wildman–Crippen LogP) is 3.93. The molecule has 10 heteroatoms. The molecule has 0 bridgehead atoms. The third-order valence-electron chi connectivity index (χ3n) is 7.86. The molecular weight excluding hydrogens is 489 g/mol. The fourth-order valence-electron chi connectivity index (χ4n) is 5.45. The molecule has 2 saturated carbocycles. The third-order valence-corrected chi connectivity index (χ3v) is 7.86. The van der Waals surface area contributed by atoms with Gasteiger partial charge in [-0.05, 0) is 49.9 Å². The minimum absolute atomic E-state index is 0.0290. The maximum atomic E-state index is 15.0. The highest BCUT2D eigenvalue weighted by molar-refractivity contribution is 6.45. The van der Waals surface area contributed by atoms with Crippen molar-refractivity contribution >= 4 is 28.5 Å². The molecule has 9 nitrogen and oxygen atoms in total. The van der Waals surface area contributed by atoms with E-state index in [1.54, 1.807) is 21.9 Å². The molecule has 0 radical (unpaired) electrons. The number of fused-ring (bicyclic) bond motifs is 1. The maximum Gasteiger partial charge on any atom is 0.295 e. The summed E-state index contributed by atoms with van der Waals surface area (Å²) in [7, 11) is 0. The second-order valence-electron chi connectivity index (χ2n) is 10.4. The smallest absolute Gasteiger partial charge is 0.295 e. The van der Waals surface area contributed by atoms with E-state index in [4.69, 9.17) is 4.52 Å². The molecule has 2 aromatic heterocycles. The van der Waals surface area contributed by atoms with E-state index in [2.05, 4.69) is 15.1 Å². The Morgan fingerprint density at radius 2 is 1.84 bits per heavy atom. The Morgan fingerprint density at radius 3 is 2.58 bits per heavy atom. The number of nitrogens with zero attached hydrogens (tertiary/aromatic N) is 4. The zero-order valence-electron chi connectivity index (χ0n) is 20.4.